The second kappa shape index (κ2) is 6.07. The Bertz CT molecular complexity index is 302. The van der Waals surface area contributed by atoms with E-state index in [9.17, 15) is 9.59 Å². The summed E-state index contributed by atoms with van der Waals surface area (Å²) in [7, 11) is 0. The van der Waals surface area contributed by atoms with E-state index in [1.54, 1.807) is 4.90 Å². The maximum atomic E-state index is 11.8. The Balaban J connectivity index is 2.39. The minimum absolute atomic E-state index is 0.0311. The number of hydrogen-bond acceptors (Lipinski definition) is 3. The Kier molecular flexibility index (Phi) is 4.99. The van der Waals surface area contributed by atoms with E-state index in [-0.39, 0.29) is 17.9 Å². The van der Waals surface area contributed by atoms with Crippen molar-refractivity contribution in [2.45, 2.75) is 46.1 Å². The normalized spacial score (nSPS) is 17.4. The number of carbonyl (C=O) groups is 2. The predicted octanol–water partition coefficient (Wildman–Crippen LogP) is 1.77. The van der Waals surface area contributed by atoms with Crippen LogP contribution in [-0.4, -0.2) is 42.1 Å². The zero-order chi connectivity index (χ0) is 13.8. The molecule has 0 aromatic rings. The lowest BCUT2D eigenvalue weighted by molar-refractivity contribution is -0.126. The molecule has 1 fully saturated rings. The van der Waals surface area contributed by atoms with E-state index in [4.69, 9.17) is 4.74 Å². The molecule has 0 aromatic heterocycles. The van der Waals surface area contributed by atoms with Crippen LogP contribution in [0.5, 0.6) is 0 Å². The predicted molar refractivity (Wildman–Crippen MR) is 69.2 cm³/mol. The molecule has 0 aromatic carbocycles. The average Bonchev–Trinajstić information content (AvgIpc) is 2.27. The fourth-order valence-corrected chi connectivity index (χ4v) is 1.97. The maximum Gasteiger partial charge on any atom is 0.410 e. The van der Waals surface area contributed by atoms with Crippen molar-refractivity contribution in [1.82, 2.24) is 10.2 Å². The summed E-state index contributed by atoms with van der Waals surface area (Å²) in [6.45, 7) is 9.32. The summed E-state index contributed by atoms with van der Waals surface area (Å²) in [6.07, 6.45) is 1.15. The van der Waals surface area contributed by atoms with Crippen LogP contribution in [0.1, 0.15) is 40.5 Å². The van der Waals surface area contributed by atoms with Gasteiger partial charge in [0.2, 0.25) is 5.91 Å². The molecule has 0 saturated carbocycles. The highest BCUT2D eigenvalue weighted by atomic mass is 16.6. The molecule has 0 radical (unpaired) electrons. The van der Waals surface area contributed by atoms with Crippen LogP contribution in [0.3, 0.4) is 0 Å². The number of hydrogen-bond donors (Lipinski definition) is 1. The van der Waals surface area contributed by atoms with Crippen molar-refractivity contribution in [3.63, 3.8) is 0 Å². The molecule has 1 aliphatic rings. The third-order valence-electron chi connectivity index (χ3n) is 2.87. The zero-order valence-corrected chi connectivity index (χ0v) is 11.8. The second-order valence-electron chi connectivity index (χ2n) is 5.64. The molecule has 0 aliphatic carbocycles. The van der Waals surface area contributed by atoms with Crippen LogP contribution in [0, 0.1) is 5.92 Å². The highest BCUT2D eigenvalue weighted by Gasteiger charge is 2.29. The first-order chi connectivity index (χ1) is 8.33. The van der Waals surface area contributed by atoms with Crippen LogP contribution >= 0.6 is 0 Å². The van der Waals surface area contributed by atoms with Crippen LogP contribution in [0.4, 0.5) is 4.79 Å². The third kappa shape index (κ3) is 4.55. The monoisotopic (exact) mass is 256 g/mol. The molecule has 18 heavy (non-hydrogen) atoms. The minimum atomic E-state index is -0.465. The Morgan fingerprint density at radius 2 is 1.83 bits per heavy atom. The standard InChI is InChI=1S/C13H24N2O3/c1-5-14-11(16)10-6-8-15(9-7-10)12(17)18-13(2,3)4/h10H,5-9H2,1-4H3,(H,14,16). The number of nitrogens with zero attached hydrogens (tertiary/aromatic N) is 1. The Hall–Kier alpha value is -1.26. The molecule has 0 spiro atoms. The summed E-state index contributed by atoms with van der Waals surface area (Å²) in [5.41, 5.74) is -0.465. The number of nitrogens with one attached hydrogen (secondary N) is 1. The van der Waals surface area contributed by atoms with E-state index < -0.39 is 5.60 Å². The van der Waals surface area contributed by atoms with Gasteiger partial charge in [-0.25, -0.2) is 4.79 Å². The van der Waals surface area contributed by atoms with Crippen molar-refractivity contribution in [3.8, 4) is 0 Å². The van der Waals surface area contributed by atoms with Gasteiger partial charge < -0.3 is 15.0 Å². The summed E-state index contributed by atoms with van der Waals surface area (Å²) in [5, 5.41) is 2.82. The number of carbonyl (C=O) groups excluding carboxylic acids is 2. The van der Waals surface area contributed by atoms with Crippen molar-refractivity contribution in [3.05, 3.63) is 0 Å². The van der Waals surface area contributed by atoms with Gasteiger partial charge in [0, 0.05) is 25.6 Å². The number of rotatable bonds is 2. The molecule has 5 heteroatoms. The summed E-state index contributed by atoms with van der Waals surface area (Å²) >= 11 is 0. The van der Waals surface area contributed by atoms with Gasteiger partial charge in [-0.1, -0.05) is 0 Å². The molecule has 1 N–H and O–H groups in total. The van der Waals surface area contributed by atoms with E-state index in [0.717, 1.165) is 0 Å². The Morgan fingerprint density at radius 1 is 1.28 bits per heavy atom. The average molecular weight is 256 g/mol. The van der Waals surface area contributed by atoms with E-state index in [0.29, 0.717) is 32.5 Å². The molecule has 0 atom stereocenters. The van der Waals surface area contributed by atoms with E-state index in [1.165, 1.54) is 0 Å². The van der Waals surface area contributed by atoms with Gasteiger partial charge >= 0.3 is 6.09 Å². The van der Waals surface area contributed by atoms with Crippen LogP contribution in [0.15, 0.2) is 0 Å². The van der Waals surface area contributed by atoms with Crippen molar-refractivity contribution >= 4 is 12.0 Å². The van der Waals surface area contributed by atoms with Crippen molar-refractivity contribution in [2.24, 2.45) is 5.92 Å². The molecule has 104 valence electrons. The number of ether oxygens (including phenoxy) is 1. The molecule has 1 heterocycles. The zero-order valence-electron chi connectivity index (χ0n) is 11.8. The van der Waals surface area contributed by atoms with Gasteiger partial charge in [-0.3, -0.25) is 4.79 Å². The fourth-order valence-electron chi connectivity index (χ4n) is 1.97. The first kappa shape index (κ1) is 14.8. The summed E-state index contributed by atoms with van der Waals surface area (Å²) in [4.78, 5) is 25.2. The maximum absolute atomic E-state index is 11.8. The van der Waals surface area contributed by atoms with Gasteiger partial charge in [0.1, 0.15) is 5.60 Å². The molecule has 1 saturated heterocycles. The first-order valence-electron chi connectivity index (χ1n) is 6.59. The number of likely N-dealkylation sites (tertiary alicyclic amines) is 1. The van der Waals surface area contributed by atoms with Gasteiger partial charge in [-0.15, -0.1) is 0 Å². The quantitative estimate of drug-likeness (QED) is 0.819. The van der Waals surface area contributed by atoms with Gasteiger partial charge in [0.15, 0.2) is 0 Å². The van der Waals surface area contributed by atoms with Gasteiger partial charge in [-0.05, 0) is 40.5 Å². The molecule has 0 bridgehead atoms. The minimum Gasteiger partial charge on any atom is -0.444 e. The molecular formula is C13H24N2O3. The number of amides is 2. The second-order valence-corrected chi connectivity index (χ2v) is 5.64. The molecule has 1 rings (SSSR count). The molecule has 1 aliphatic heterocycles. The fraction of sp³-hybridized carbons (Fsp3) is 0.846. The number of piperidine rings is 1. The van der Waals surface area contributed by atoms with Gasteiger partial charge in [0.25, 0.3) is 0 Å². The van der Waals surface area contributed by atoms with Gasteiger partial charge in [0.05, 0.1) is 0 Å². The largest absolute Gasteiger partial charge is 0.444 e. The van der Waals surface area contributed by atoms with E-state index in [2.05, 4.69) is 5.32 Å². The topological polar surface area (TPSA) is 58.6 Å². The molecule has 5 nitrogen and oxygen atoms in total. The van der Waals surface area contributed by atoms with Crippen molar-refractivity contribution in [2.75, 3.05) is 19.6 Å². The van der Waals surface area contributed by atoms with E-state index in [1.807, 2.05) is 27.7 Å². The summed E-state index contributed by atoms with van der Waals surface area (Å²) in [6, 6.07) is 0. The lowest BCUT2D eigenvalue weighted by Gasteiger charge is -2.32. The lowest BCUT2D eigenvalue weighted by atomic mass is 9.96. The smallest absolute Gasteiger partial charge is 0.410 e. The van der Waals surface area contributed by atoms with Crippen LogP contribution in [0.2, 0.25) is 0 Å². The SMILES string of the molecule is CCNC(=O)C1CCN(C(=O)OC(C)(C)C)CC1. The van der Waals surface area contributed by atoms with Crippen LogP contribution in [0.25, 0.3) is 0 Å². The molecule has 0 unspecified atom stereocenters. The third-order valence-corrected chi connectivity index (χ3v) is 2.87. The van der Waals surface area contributed by atoms with E-state index >= 15 is 0 Å². The van der Waals surface area contributed by atoms with Crippen molar-refractivity contribution in [1.29, 1.82) is 0 Å². The van der Waals surface area contributed by atoms with Crippen LogP contribution in [-0.2, 0) is 9.53 Å². The summed E-state index contributed by atoms with van der Waals surface area (Å²) in [5.74, 6) is 0.130. The highest BCUT2D eigenvalue weighted by molar-refractivity contribution is 5.79. The lowest BCUT2D eigenvalue weighted by Crippen LogP contribution is -2.44. The van der Waals surface area contributed by atoms with Crippen LogP contribution < -0.4 is 5.32 Å². The van der Waals surface area contributed by atoms with Crippen molar-refractivity contribution < 1.29 is 14.3 Å². The molecular weight excluding hydrogens is 232 g/mol. The Labute approximate surface area is 109 Å². The first-order valence-corrected chi connectivity index (χ1v) is 6.59. The highest BCUT2D eigenvalue weighted by Crippen LogP contribution is 2.19. The molecule has 2 amide bonds. The summed E-state index contributed by atoms with van der Waals surface area (Å²) < 4.78 is 5.31. The van der Waals surface area contributed by atoms with Gasteiger partial charge in [-0.2, -0.15) is 0 Å². The Morgan fingerprint density at radius 3 is 2.28 bits per heavy atom.